The Morgan fingerprint density at radius 3 is 2.83 bits per heavy atom. The topological polar surface area (TPSA) is 33.2 Å². The number of hydrogen-bond donors (Lipinski definition) is 0. The number of nitrogens with zero attached hydrogens (tertiary/aromatic N) is 2. The largest absolute Gasteiger partial charge is 0.335 e. The first-order valence-corrected chi connectivity index (χ1v) is 7.28. The van der Waals surface area contributed by atoms with Gasteiger partial charge >= 0.3 is 0 Å². The third-order valence-corrected chi connectivity index (χ3v) is 3.58. The maximum Gasteiger partial charge on any atom is 0.257 e. The number of carbonyl (C=O) groups is 1. The van der Waals surface area contributed by atoms with Crippen molar-refractivity contribution in [3.05, 3.63) is 27.5 Å². The van der Waals surface area contributed by atoms with E-state index < -0.39 is 0 Å². The number of amides is 1. The second-order valence-electron chi connectivity index (χ2n) is 5.07. The van der Waals surface area contributed by atoms with Gasteiger partial charge in [0.2, 0.25) is 0 Å². The van der Waals surface area contributed by atoms with Crippen LogP contribution in [0.2, 0.25) is 5.15 Å². The first kappa shape index (κ1) is 13.8. The van der Waals surface area contributed by atoms with Gasteiger partial charge in [-0.05, 0) is 40.8 Å². The summed E-state index contributed by atoms with van der Waals surface area (Å²) in [7, 11) is 0. The van der Waals surface area contributed by atoms with Crippen molar-refractivity contribution in [1.82, 2.24) is 9.88 Å². The zero-order valence-electron chi connectivity index (χ0n) is 10.5. The minimum absolute atomic E-state index is 0.00926. The van der Waals surface area contributed by atoms with E-state index in [0.29, 0.717) is 17.5 Å². The van der Waals surface area contributed by atoms with Crippen molar-refractivity contribution in [2.75, 3.05) is 6.54 Å². The van der Waals surface area contributed by atoms with Crippen molar-refractivity contribution in [2.45, 2.75) is 32.7 Å². The fraction of sp³-hybridized carbons (Fsp3) is 0.538. The Labute approximate surface area is 121 Å². The molecule has 1 saturated carbocycles. The Hall–Kier alpha value is -0.610. The lowest BCUT2D eigenvalue weighted by atomic mass is 10.1. The highest BCUT2D eigenvalue weighted by molar-refractivity contribution is 9.10. The first-order valence-electron chi connectivity index (χ1n) is 6.11. The van der Waals surface area contributed by atoms with Crippen molar-refractivity contribution < 1.29 is 4.79 Å². The van der Waals surface area contributed by atoms with Crippen LogP contribution in [0.25, 0.3) is 0 Å². The van der Waals surface area contributed by atoms with Crippen LogP contribution < -0.4 is 0 Å². The van der Waals surface area contributed by atoms with Crippen molar-refractivity contribution in [3.8, 4) is 0 Å². The third-order valence-electron chi connectivity index (χ3n) is 2.85. The van der Waals surface area contributed by atoms with Gasteiger partial charge in [0.1, 0.15) is 5.15 Å². The molecule has 3 nitrogen and oxygen atoms in total. The van der Waals surface area contributed by atoms with E-state index in [2.05, 4.69) is 34.8 Å². The van der Waals surface area contributed by atoms with Gasteiger partial charge in [-0.25, -0.2) is 4.98 Å². The average Bonchev–Trinajstić information content (AvgIpc) is 3.12. The molecule has 0 N–H and O–H groups in total. The molecule has 5 heteroatoms. The SMILES string of the molecule is CC(C)CN(C(=O)c1cc(Br)cnc1Cl)C1CC1. The van der Waals surface area contributed by atoms with Crippen LogP contribution in [0, 0.1) is 5.92 Å². The van der Waals surface area contributed by atoms with Crippen molar-refractivity contribution in [3.63, 3.8) is 0 Å². The summed E-state index contributed by atoms with van der Waals surface area (Å²) in [6.45, 7) is 5.00. The minimum atomic E-state index is -0.00926. The van der Waals surface area contributed by atoms with Crippen LogP contribution in [-0.4, -0.2) is 28.4 Å². The molecule has 98 valence electrons. The van der Waals surface area contributed by atoms with Gasteiger partial charge in [-0.15, -0.1) is 0 Å². The fourth-order valence-corrected chi connectivity index (χ4v) is 2.42. The molecule has 1 aromatic rings. The number of halogens is 2. The van der Waals surface area contributed by atoms with Crippen LogP contribution in [-0.2, 0) is 0 Å². The van der Waals surface area contributed by atoms with Gasteiger partial charge in [0.15, 0.2) is 0 Å². The molecule has 0 saturated heterocycles. The van der Waals surface area contributed by atoms with Gasteiger partial charge in [-0.1, -0.05) is 25.4 Å². The minimum Gasteiger partial charge on any atom is -0.335 e. The van der Waals surface area contributed by atoms with Crippen molar-refractivity contribution >= 4 is 33.4 Å². The van der Waals surface area contributed by atoms with Gasteiger partial charge in [0, 0.05) is 23.3 Å². The van der Waals surface area contributed by atoms with Gasteiger partial charge < -0.3 is 4.90 Å². The number of hydrogen-bond acceptors (Lipinski definition) is 2. The van der Waals surface area contributed by atoms with Gasteiger partial charge in [0.05, 0.1) is 5.56 Å². The Balaban J connectivity index is 2.24. The molecule has 0 aromatic carbocycles. The summed E-state index contributed by atoms with van der Waals surface area (Å²) in [4.78, 5) is 18.5. The van der Waals surface area contributed by atoms with Crippen LogP contribution in [0.15, 0.2) is 16.7 Å². The molecular formula is C13H16BrClN2O. The molecule has 2 rings (SSSR count). The van der Waals surface area contributed by atoms with E-state index in [1.807, 2.05) is 4.90 Å². The number of rotatable bonds is 4. The summed E-state index contributed by atoms with van der Waals surface area (Å²) in [6.07, 6.45) is 3.79. The summed E-state index contributed by atoms with van der Waals surface area (Å²) in [5, 5.41) is 0.276. The lowest BCUT2D eigenvalue weighted by molar-refractivity contribution is 0.0722. The molecule has 1 fully saturated rings. The zero-order valence-corrected chi connectivity index (χ0v) is 12.8. The first-order chi connectivity index (χ1) is 8.49. The highest BCUT2D eigenvalue weighted by Crippen LogP contribution is 2.30. The number of aromatic nitrogens is 1. The molecule has 0 bridgehead atoms. The molecule has 0 spiro atoms. The molecule has 0 radical (unpaired) electrons. The van der Waals surface area contributed by atoms with E-state index in [1.54, 1.807) is 12.3 Å². The molecule has 1 aliphatic rings. The van der Waals surface area contributed by atoms with Crippen LogP contribution in [0.1, 0.15) is 37.0 Å². The normalized spacial score (nSPS) is 14.9. The van der Waals surface area contributed by atoms with E-state index in [0.717, 1.165) is 23.9 Å². The second-order valence-corrected chi connectivity index (χ2v) is 6.35. The van der Waals surface area contributed by atoms with Gasteiger partial charge in [0.25, 0.3) is 5.91 Å². The Kier molecular flexibility index (Phi) is 4.28. The summed E-state index contributed by atoms with van der Waals surface area (Å²) >= 11 is 9.34. The third kappa shape index (κ3) is 3.23. The Bertz CT molecular complexity index is 460. The fourth-order valence-electron chi connectivity index (χ4n) is 1.90. The van der Waals surface area contributed by atoms with Crippen molar-refractivity contribution in [1.29, 1.82) is 0 Å². The molecule has 1 heterocycles. The molecule has 0 aliphatic heterocycles. The van der Waals surface area contributed by atoms with Crippen LogP contribution >= 0.6 is 27.5 Å². The van der Waals surface area contributed by atoms with Crippen LogP contribution in [0.5, 0.6) is 0 Å². The predicted molar refractivity (Wildman–Crippen MR) is 75.8 cm³/mol. The molecule has 18 heavy (non-hydrogen) atoms. The standard InChI is InChI=1S/C13H16BrClN2O/c1-8(2)7-17(10-3-4-10)13(18)11-5-9(14)6-16-12(11)15/h5-6,8,10H,3-4,7H2,1-2H3. The molecule has 1 aromatic heterocycles. The molecule has 1 amide bonds. The highest BCUT2D eigenvalue weighted by atomic mass is 79.9. The monoisotopic (exact) mass is 330 g/mol. The number of pyridine rings is 1. The van der Waals surface area contributed by atoms with E-state index in [4.69, 9.17) is 11.6 Å². The molecule has 1 aliphatic carbocycles. The molecular weight excluding hydrogens is 316 g/mol. The second kappa shape index (κ2) is 5.57. The lowest BCUT2D eigenvalue weighted by Crippen LogP contribution is -2.36. The van der Waals surface area contributed by atoms with E-state index in [1.165, 1.54) is 0 Å². The smallest absolute Gasteiger partial charge is 0.257 e. The van der Waals surface area contributed by atoms with Crippen LogP contribution in [0.3, 0.4) is 0 Å². The Morgan fingerprint density at radius 1 is 1.61 bits per heavy atom. The predicted octanol–water partition coefficient (Wildman–Crippen LogP) is 3.76. The van der Waals surface area contributed by atoms with E-state index >= 15 is 0 Å². The highest BCUT2D eigenvalue weighted by Gasteiger charge is 2.34. The van der Waals surface area contributed by atoms with Crippen LogP contribution in [0.4, 0.5) is 0 Å². The van der Waals surface area contributed by atoms with E-state index in [-0.39, 0.29) is 11.1 Å². The van der Waals surface area contributed by atoms with Gasteiger partial charge in [-0.3, -0.25) is 4.79 Å². The quantitative estimate of drug-likeness (QED) is 0.787. The Morgan fingerprint density at radius 2 is 2.28 bits per heavy atom. The lowest BCUT2D eigenvalue weighted by Gasteiger charge is -2.24. The summed E-state index contributed by atoms with van der Waals surface area (Å²) < 4.78 is 0.774. The maximum atomic E-state index is 12.5. The van der Waals surface area contributed by atoms with Crippen molar-refractivity contribution in [2.24, 2.45) is 5.92 Å². The summed E-state index contributed by atoms with van der Waals surface area (Å²) in [5.41, 5.74) is 0.485. The molecule has 0 unspecified atom stereocenters. The molecule has 0 atom stereocenters. The maximum absolute atomic E-state index is 12.5. The average molecular weight is 332 g/mol. The summed E-state index contributed by atoms with van der Waals surface area (Å²) in [5.74, 6) is 0.443. The number of carbonyl (C=O) groups excluding carboxylic acids is 1. The van der Waals surface area contributed by atoms with Gasteiger partial charge in [-0.2, -0.15) is 0 Å². The summed E-state index contributed by atoms with van der Waals surface area (Å²) in [6, 6.07) is 2.13. The van der Waals surface area contributed by atoms with E-state index in [9.17, 15) is 4.79 Å². The zero-order chi connectivity index (χ0) is 13.3.